The molecule has 2 heterocycles. The summed E-state index contributed by atoms with van der Waals surface area (Å²) >= 11 is 6.10. The molecular formula is C17H11ClN2. The minimum Gasteiger partial charge on any atom is -0.353 e. The number of hydrogen-bond donors (Lipinski definition) is 1. The van der Waals surface area contributed by atoms with Gasteiger partial charge >= 0.3 is 0 Å². The van der Waals surface area contributed by atoms with Crippen molar-refractivity contribution in [1.82, 2.24) is 9.97 Å². The van der Waals surface area contributed by atoms with E-state index in [9.17, 15) is 0 Å². The van der Waals surface area contributed by atoms with Crippen LogP contribution in [0.25, 0.3) is 33.1 Å². The molecule has 0 radical (unpaired) electrons. The van der Waals surface area contributed by atoms with Crippen molar-refractivity contribution in [2.24, 2.45) is 0 Å². The lowest BCUT2D eigenvalue weighted by Crippen LogP contribution is -1.84. The van der Waals surface area contributed by atoms with Crippen LogP contribution in [0.5, 0.6) is 0 Å². The first-order valence-corrected chi connectivity index (χ1v) is 6.82. The molecule has 0 amide bonds. The highest BCUT2D eigenvalue weighted by molar-refractivity contribution is 6.32. The Kier molecular flexibility index (Phi) is 2.51. The van der Waals surface area contributed by atoms with Gasteiger partial charge in [-0.1, -0.05) is 41.9 Å². The van der Waals surface area contributed by atoms with Crippen molar-refractivity contribution in [1.29, 1.82) is 0 Å². The molecule has 3 heteroatoms. The fourth-order valence-electron chi connectivity index (χ4n) is 2.61. The normalized spacial score (nSPS) is 11.2. The Morgan fingerprint density at radius 3 is 2.60 bits per heavy atom. The number of fused-ring (bicyclic) bond motifs is 3. The van der Waals surface area contributed by atoms with Crippen LogP contribution in [0, 0.1) is 0 Å². The third-order valence-corrected chi connectivity index (χ3v) is 3.76. The Morgan fingerprint density at radius 2 is 1.75 bits per heavy atom. The molecule has 20 heavy (non-hydrogen) atoms. The third-order valence-electron chi connectivity index (χ3n) is 3.53. The summed E-state index contributed by atoms with van der Waals surface area (Å²) in [6.45, 7) is 0. The number of rotatable bonds is 1. The van der Waals surface area contributed by atoms with E-state index in [1.54, 1.807) is 0 Å². The molecule has 0 aliphatic rings. The fourth-order valence-corrected chi connectivity index (χ4v) is 2.78. The van der Waals surface area contributed by atoms with E-state index in [1.165, 1.54) is 0 Å². The van der Waals surface area contributed by atoms with Gasteiger partial charge < -0.3 is 4.98 Å². The molecule has 2 aromatic heterocycles. The third kappa shape index (κ3) is 1.69. The average molecular weight is 279 g/mol. The zero-order valence-electron chi connectivity index (χ0n) is 10.6. The predicted octanol–water partition coefficient (Wildman–Crippen LogP) is 5.04. The van der Waals surface area contributed by atoms with E-state index >= 15 is 0 Å². The lowest BCUT2D eigenvalue weighted by atomic mass is 10.1. The van der Waals surface area contributed by atoms with Gasteiger partial charge in [0.05, 0.1) is 11.2 Å². The van der Waals surface area contributed by atoms with Crippen molar-refractivity contribution in [2.75, 3.05) is 0 Å². The molecule has 2 nitrogen and oxygen atoms in total. The molecule has 2 aromatic carbocycles. The van der Waals surface area contributed by atoms with Crippen molar-refractivity contribution in [2.45, 2.75) is 0 Å². The van der Waals surface area contributed by atoms with Crippen molar-refractivity contribution in [3.63, 3.8) is 0 Å². The Bertz CT molecular complexity index is 910. The minimum atomic E-state index is 0.747. The standard InChI is InChI=1S/C17H11ClN2/c18-12-6-7-15-14(10-12)13-8-9-19-16(17(13)20-15)11-4-2-1-3-5-11/h1-10,20H. The predicted molar refractivity (Wildman–Crippen MR) is 84.0 cm³/mol. The number of nitrogens with one attached hydrogen (secondary N) is 1. The van der Waals surface area contributed by atoms with E-state index in [-0.39, 0.29) is 0 Å². The second kappa shape index (κ2) is 4.36. The highest BCUT2D eigenvalue weighted by Gasteiger charge is 2.10. The van der Waals surface area contributed by atoms with E-state index in [0.29, 0.717) is 0 Å². The number of benzene rings is 2. The van der Waals surface area contributed by atoms with Crippen molar-refractivity contribution >= 4 is 33.4 Å². The van der Waals surface area contributed by atoms with E-state index in [1.807, 2.05) is 48.7 Å². The Morgan fingerprint density at radius 1 is 0.900 bits per heavy atom. The molecule has 0 aliphatic heterocycles. The zero-order chi connectivity index (χ0) is 13.5. The van der Waals surface area contributed by atoms with Crippen LogP contribution >= 0.6 is 11.6 Å². The highest BCUT2D eigenvalue weighted by atomic mass is 35.5. The maximum atomic E-state index is 6.10. The van der Waals surface area contributed by atoms with Crippen LogP contribution in [0.1, 0.15) is 0 Å². The fraction of sp³-hybridized carbons (Fsp3) is 0. The SMILES string of the molecule is Clc1ccc2[nH]c3c(-c4ccccc4)nccc3c2c1. The van der Waals surface area contributed by atoms with Gasteiger partial charge in [0.2, 0.25) is 0 Å². The van der Waals surface area contributed by atoms with Crippen LogP contribution in [0.15, 0.2) is 60.8 Å². The van der Waals surface area contributed by atoms with Gasteiger partial charge in [0.25, 0.3) is 0 Å². The van der Waals surface area contributed by atoms with Crippen molar-refractivity contribution < 1.29 is 0 Å². The van der Waals surface area contributed by atoms with Crippen LogP contribution in [0.2, 0.25) is 5.02 Å². The number of H-pyrrole nitrogens is 1. The smallest absolute Gasteiger partial charge is 0.0943 e. The molecule has 4 aromatic rings. The molecule has 0 saturated carbocycles. The number of hydrogen-bond acceptors (Lipinski definition) is 1. The van der Waals surface area contributed by atoms with Crippen LogP contribution in [0.3, 0.4) is 0 Å². The molecule has 0 fully saturated rings. The highest BCUT2D eigenvalue weighted by Crippen LogP contribution is 2.32. The number of aromatic nitrogens is 2. The van der Waals surface area contributed by atoms with Crippen LogP contribution in [-0.4, -0.2) is 9.97 Å². The molecule has 0 unspecified atom stereocenters. The number of nitrogens with zero attached hydrogens (tertiary/aromatic N) is 1. The molecule has 4 rings (SSSR count). The Hall–Kier alpha value is -2.32. The zero-order valence-corrected chi connectivity index (χ0v) is 11.4. The average Bonchev–Trinajstić information content (AvgIpc) is 2.86. The molecule has 0 saturated heterocycles. The van der Waals surface area contributed by atoms with Crippen LogP contribution in [-0.2, 0) is 0 Å². The Labute approximate surface area is 121 Å². The molecule has 0 spiro atoms. The molecule has 0 atom stereocenters. The minimum absolute atomic E-state index is 0.747. The van der Waals surface area contributed by atoms with Gasteiger partial charge in [0, 0.05) is 33.1 Å². The first-order valence-electron chi connectivity index (χ1n) is 6.44. The first kappa shape index (κ1) is 11.5. The van der Waals surface area contributed by atoms with Crippen molar-refractivity contribution in [3.05, 3.63) is 65.8 Å². The lowest BCUT2D eigenvalue weighted by Gasteiger charge is -2.01. The van der Waals surface area contributed by atoms with Gasteiger partial charge in [-0.3, -0.25) is 4.98 Å². The quantitative estimate of drug-likeness (QED) is 0.519. The van der Waals surface area contributed by atoms with E-state index in [0.717, 1.165) is 38.1 Å². The van der Waals surface area contributed by atoms with E-state index in [4.69, 9.17) is 11.6 Å². The van der Waals surface area contributed by atoms with Gasteiger partial charge in [-0.25, -0.2) is 0 Å². The summed E-state index contributed by atoms with van der Waals surface area (Å²) in [5, 5.41) is 3.03. The topological polar surface area (TPSA) is 28.7 Å². The van der Waals surface area contributed by atoms with Gasteiger partial charge in [0.15, 0.2) is 0 Å². The van der Waals surface area contributed by atoms with Crippen LogP contribution in [0.4, 0.5) is 0 Å². The molecule has 0 aliphatic carbocycles. The number of halogens is 1. The van der Waals surface area contributed by atoms with Gasteiger partial charge in [-0.05, 0) is 24.3 Å². The number of aromatic amines is 1. The van der Waals surface area contributed by atoms with Gasteiger partial charge in [0.1, 0.15) is 0 Å². The molecule has 0 bridgehead atoms. The monoisotopic (exact) mass is 278 g/mol. The number of pyridine rings is 1. The summed E-state index contributed by atoms with van der Waals surface area (Å²) in [5.41, 5.74) is 4.21. The van der Waals surface area contributed by atoms with Gasteiger partial charge in [-0.15, -0.1) is 0 Å². The van der Waals surface area contributed by atoms with Crippen LogP contribution < -0.4 is 0 Å². The van der Waals surface area contributed by atoms with E-state index in [2.05, 4.69) is 22.1 Å². The maximum Gasteiger partial charge on any atom is 0.0943 e. The summed E-state index contributed by atoms with van der Waals surface area (Å²) in [6, 6.07) is 18.1. The molecular weight excluding hydrogens is 268 g/mol. The molecule has 1 N–H and O–H groups in total. The summed E-state index contributed by atoms with van der Waals surface area (Å²) in [6.07, 6.45) is 1.85. The van der Waals surface area contributed by atoms with Crippen molar-refractivity contribution in [3.8, 4) is 11.3 Å². The summed E-state index contributed by atoms with van der Waals surface area (Å²) in [4.78, 5) is 7.98. The first-order chi connectivity index (χ1) is 9.83. The summed E-state index contributed by atoms with van der Waals surface area (Å²) in [5.74, 6) is 0. The summed E-state index contributed by atoms with van der Waals surface area (Å²) < 4.78 is 0. The van der Waals surface area contributed by atoms with Gasteiger partial charge in [-0.2, -0.15) is 0 Å². The summed E-state index contributed by atoms with van der Waals surface area (Å²) in [7, 11) is 0. The second-order valence-corrected chi connectivity index (χ2v) is 5.20. The Balaban J connectivity index is 2.11. The van der Waals surface area contributed by atoms with E-state index < -0.39 is 0 Å². The maximum absolute atomic E-state index is 6.10. The lowest BCUT2D eigenvalue weighted by molar-refractivity contribution is 1.34. The largest absolute Gasteiger partial charge is 0.353 e. The second-order valence-electron chi connectivity index (χ2n) is 4.76. The molecule has 96 valence electrons.